The van der Waals surface area contributed by atoms with Crippen LogP contribution in [0.5, 0.6) is 0 Å². The number of urea groups is 1. The van der Waals surface area contributed by atoms with Crippen LogP contribution in [-0.2, 0) is 0 Å². The van der Waals surface area contributed by atoms with Crippen LogP contribution in [0.2, 0.25) is 0 Å². The standard InChI is InChI=1S/C19H20N6O2/c1-13-21-18-16(8-5-11-25(18)23-13)22-19(27)24-10-4-6-14(12-24)17(26)15-7-2-3-9-20-15/h2-3,5,7-9,11,14H,4,6,10,12H2,1H3,(H,22,27)/t14-/m1/s1. The van der Waals surface area contributed by atoms with E-state index in [1.807, 2.05) is 0 Å². The number of likely N-dealkylation sites (tertiary alicyclic amines) is 1. The Morgan fingerprint density at radius 3 is 2.93 bits per heavy atom. The lowest BCUT2D eigenvalue weighted by molar-refractivity contribution is 0.0846. The molecule has 0 radical (unpaired) electrons. The lowest BCUT2D eigenvalue weighted by atomic mass is 9.92. The first-order chi connectivity index (χ1) is 13.1. The number of rotatable bonds is 3. The summed E-state index contributed by atoms with van der Waals surface area (Å²) in [5, 5.41) is 7.16. The fourth-order valence-corrected chi connectivity index (χ4v) is 3.40. The Labute approximate surface area is 156 Å². The van der Waals surface area contributed by atoms with Crippen molar-refractivity contribution in [2.75, 3.05) is 18.4 Å². The van der Waals surface area contributed by atoms with Crippen molar-refractivity contribution in [1.82, 2.24) is 24.5 Å². The van der Waals surface area contributed by atoms with Gasteiger partial charge in [0.1, 0.15) is 11.5 Å². The van der Waals surface area contributed by atoms with Crippen LogP contribution in [0.1, 0.15) is 29.2 Å². The first-order valence-corrected chi connectivity index (χ1v) is 8.95. The minimum Gasteiger partial charge on any atom is -0.324 e. The molecular formula is C19H20N6O2. The molecule has 0 saturated carbocycles. The van der Waals surface area contributed by atoms with Crippen molar-refractivity contribution >= 4 is 23.1 Å². The van der Waals surface area contributed by atoms with Gasteiger partial charge in [-0.1, -0.05) is 6.07 Å². The van der Waals surface area contributed by atoms with Gasteiger partial charge in [0.25, 0.3) is 0 Å². The molecule has 0 bridgehead atoms. The van der Waals surface area contributed by atoms with Crippen LogP contribution in [0.4, 0.5) is 10.5 Å². The Hall–Kier alpha value is -3.29. The number of hydrogen-bond acceptors (Lipinski definition) is 5. The Balaban J connectivity index is 1.48. The fourth-order valence-electron chi connectivity index (χ4n) is 3.40. The van der Waals surface area contributed by atoms with Gasteiger partial charge >= 0.3 is 6.03 Å². The SMILES string of the molecule is Cc1nc2c(NC(=O)N3CCC[C@@H](C(=O)c4ccccn4)C3)cccn2n1. The van der Waals surface area contributed by atoms with E-state index in [0.29, 0.717) is 35.9 Å². The highest BCUT2D eigenvalue weighted by atomic mass is 16.2. The number of fused-ring (bicyclic) bond motifs is 1. The molecule has 27 heavy (non-hydrogen) atoms. The van der Waals surface area contributed by atoms with E-state index in [0.717, 1.165) is 12.8 Å². The number of nitrogens with one attached hydrogen (secondary N) is 1. The highest BCUT2D eigenvalue weighted by Gasteiger charge is 2.29. The van der Waals surface area contributed by atoms with Crippen molar-refractivity contribution in [3.05, 3.63) is 54.2 Å². The molecule has 8 nitrogen and oxygen atoms in total. The molecule has 1 aliphatic rings. The Morgan fingerprint density at radius 1 is 1.22 bits per heavy atom. The number of carbonyl (C=O) groups is 2. The monoisotopic (exact) mass is 364 g/mol. The van der Waals surface area contributed by atoms with Gasteiger partial charge in [0.15, 0.2) is 11.4 Å². The quantitative estimate of drug-likeness (QED) is 0.721. The summed E-state index contributed by atoms with van der Waals surface area (Å²) in [5.41, 5.74) is 1.65. The molecule has 0 spiro atoms. The number of ketones is 1. The van der Waals surface area contributed by atoms with Gasteiger partial charge in [0.05, 0.1) is 5.69 Å². The molecule has 1 atom stereocenters. The normalized spacial score (nSPS) is 17.1. The van der Waals surface area contributed by atoms with E-state index in [4.69, 9.17) is 0 Å². The summed E-state index contributed by atoms with van der Waals surface area (Å²) in [7, 11) is 0. The summed E-state index contributed by atoms with van der Waals surface area (Å²) < 4.78 is 1.63. The van der Waals surface area contributed by atoms with Crippen molar-refractivity contribution in [1.29, 1.82) is 0 Å². The summed E-state index contributed by atoms with van der Waals surface area (Å²) in [5.74, 6) is 0.393. The maximum absolute atomic E-state index is 12.8. The molecule has 0 unspecified atom stereocenters. The average Bonchev–Trinajstić information content (AvgIpc) is 3.09. The third-order valence-electron chi connectivity index (χ3n) is 4.71. The summed E-state index contributed by atoms with van der Waals surface area (Å²) in [4.78, 5) is 35.6. The lowest BCUT2D eigenvalue weighted by Crippen LogP contribution is -2.44. The zero-order valence-electron chi connectivity index (χ0n) is 15.0. The van der Waals surface area contributed by atoms with Crippen LogP contribution < -0.4 is 5.32 Å². The topological polar surface area (TPSA) is 92.5 Å². The number of Topliss-reactive ketones (excluding diaryl/α,β-unsaturated/α-hetero) is 1. The fraction of sp³-hybridized carbons (Fsp3) is 0.316. The van der Waals surface area contributed by atoms with E-state index < -0.39 is 0 Å². The summed E-state index contributed by atoms with van der Waals surface area (Å²) in [6.07, 6.45) is 4.94. The number of amides is 2. The lowest BCUT2D eigenvalue weighted by Gasteiger charge is -2.31. The molecule has 1 aliphatic heterocycles. The third-order valence-corrected chi connectivity index (χ3v) is 4.71. The molecule has 4 rings (SSSR count). The predicted octanol–water partition coefficient (Wildman–Crippen LogP) is 2.56. The van der Waals surface area contributed by atoms with Crippen molar-refractivity contribution < 1.29 is 9.59 Å². The number of aromatic nitrogens is 4. The van der Waals surface area contributed by atoms with Crippen molar-refractivity contribution in [3.8, 4) is 0 Å². The van der Waals surface area contributed by atoms with E-state index in [9.17, 15) is 9.59 Å². The van der Waals surface area contributed by atoms with E-state index in [1.165, 1.54) is 0 Å². The van der Waals surface area contributed by atoms with Crippen molar-refractivity contribution in [2.24, 2.45) is 5.92 Å². The molecule has 138 valence electrons. The highest BCUT2D eigenvalue weighted by molar-refractivity contribution is 5.97. The molecular weight excluding hydrogens is 344 g/mol. The number of pyridine rings is 2. The van der Waals surface area contributed by atoms with Crippen LogP contribution >= 0.6 is 0 Å². The van der Waals surface area contributed by atoms with Crippen LogP contribution in [0.25, 0.3) is 5.65 Å². The van der Waals surface area contributed by atoms with Gasteiger partial charge in [-0.2, -0.15) is 5.10 Å². The number of carbonyl (C=O) groups excluding carboxylic acids is 2. The largest absolute Gasteiger partial charge is 0.324 e. The highest BCUT2D eigenvalue weighted by Crippen LogP contribution is 2.22. The molecule has 2 amide bonds. The first kappa shape index (κ1) is 17.1. The molecule has 0 aliphatic carbocycles. The number of piperidine rings is 1. The summed E-state index contributed by atoms with van der Waals surface area (Å²) in [6.45, 7) is 2.81. The van der Waals surface area contributed by atoms with Crippen molar-refractivity contribution in [3.63, 3.8) is 0 Å². The minimum atomic E-state index is -0.234. The molecule has 3 aromatic heterocycles. The van der Waals surface area contributed by atoms with E-state index in [2.05, 4.69) is 20.4 Å². The average molecular weight is 364 g/mol. The molecule has 1 fully saturated rings. The van der Waals surface area contributed by atoms with Gasteiger partial charge in [-0.05, 0) is 44.0 Å². The van der Waals surface area contributed by atoms with Crippen LogP contribution in [-0.4, -0.2) is 49.4 Å². The minimum absolute atomic E-state index is 0.0108. The zero-order valence-corrected chi connectivity index (χ0v) is 15.0. The van der Waals surface area contributed by atoms with Gasteiger partial charge in [-0.15, -0.1) is 0 Å². The summed E-state index contributed by atoms with van der Waals surface area (Å²) >= 11 is 0. The van der Waals surface area contributed by atoms with Crippen LogP contribution in [0.3, 0.4) is 0 Å². The number of aryl methyl sites for hydroxylation is 1. The second-order valence-electron chi connectivity index (χ2n) is 6.64. The second kappa shape index (κ2) is 7.14. The van der Waals surface area contributed by atoms with E-state index in [-0.39, 0.29) is 17.7 Å². The summed E-state index contributed by atoms with van der Waals surface area (Å²) in [6, 6.07) is 8.67. The number of anilines is 1. The van der Waals surface area contributed by atoms with Gasteiger partial charge in [0, 0.05) is 31.4 Å². The second-order valence-corrected chi connectivity index (χ2v) is 6.64. The Kier molecular flexibility index (Phi) is 4.53. The Morgan fingerprint density at radius 2 is 2.11 bits per heavy atom. The molecule has 1 saturated heterocycles. The molecule has 8 heteroatoms. The van der Waals surface area contributed by atoms with Crippen LogP contribution in [0.15, 0.2) is 42.7 Å². The van der Waals surface area contributed by atoms with Gasteiger partial charge < -0.3 is 10.2 Å². The van der Waals surface area contributed by atoms with Crippen molar-refractivity contribution in [2.45, 2.75) is 19.8 Å². The third kappa shape index (κ3) is 3.51. The van der Waals surface area contributed by atoms with E-state index in [1.54, 1.807) is 59.1 Å². The molecule has 3 aromatic rings. The number of nitrogens with zero attached hydrogens (tertiary/aromatic N) is 5. The maximum Gasteiger partial charge on any atom is 0.321 e. The predicted molar refractivity (Wildman–Crippen MR) is 99.6 cm³/mol. The van der Waals surface area contributed by atoms with Gasteiger partial charge in [-0.3, -0.25) is 9.78 Å². The van der Waals surface area contributed by atoms with Gasteiger partial charge in [0.2, 0.25) is 0 Å². The van der Waals surface area contributed by atoms with Gasteiger partial charge in [-0.25, -0.2) is 14.3 Å². The zero-order chi connectivity index (χ0) is 18.8. The maximum atomic E-state index is 12.8. The first-order valence-electron chi connectivity index (χ1n) is 8.95. The molecule has 0 aromatic carbocycles. The smallest absolute Gasteiger partial charge is 0.321 e. The van der Waals surface area contributed by atoms with Crippen LogP contribution in [0, 0.1) is 12.8 Å². The Bertz CT molecular complexity index is 984. The molecule has 1 N–H and O–H groups in total. The van der Waals surface area contributed by atoms with E-state index >= 15 is 0 Å². The number of hydrogen-bond donors (Lipinski definition) is 1. The molecule has 4 heterocycles.